The smallest absolute Gasteiger partial charge is 0.0721 e. The van der Waals surface area contributed by atoms with Gasteiger partial charge in [-0.25, -0.2) is 4.98 Å². The number of nitrogens with zero attached hydrogens (tertiary/aromatic N) is 1. The Labute approximate surface area is 249 Å². The molecule has 0 fully saturated rings. The summed E-state index contributed by atoms with van der Waals surface area (Å²) in [6.45, 7) is 4.47. The van der Waals surface area contributed by atoms with Gasteiger partial charge in [0.05, 0.1) is 11.2 Å². The van der Waals surface area contributed by atoms with Crippen LogP contribution in [0.5, 0.6) is 0 Å². The van der Waals surface area contributed by atoms with Crippen molar-refractivity contribution in [3.05, 3.63) is 138 Å². The number of pyridine rings is 1. The van der Waals surface area contributed by atoms with Crippen LogP contribution in [0.2, 0.25) is 0 Å². The Hall–Kier alpha value is -4.75. The summed E-state index contributed by atoms with van der Waals surface area (Å²) in [5.74, 6) is 0. The van der Waals surface area contributed by atoms with Crippen molar-refractivity contribution in [2.24, 2.45) is 0 Å². The topological polar surface area (TPSA) is 12.9 Å². The van der Waals surface area contributed by atoms with Gasteiger partial charge in [0, 0.05) is 10.9 Å². The number of aryl methyl sites for hydroxylation is 2. The van der Waals surface area contributed by atoms with Gasteiger partial charge in [-0.15, -0.1) is 0 Å². The van der Waals surface area contributed by atoms with E-state index in [1.165, 1.54) is 61.0 Å². The second-order valence-electron chi connectivity index (χ2n) is 11.4. The highest BCUT2D eigenvalue weighted by Gasteiger charge is 2.14. The van der Waals surface area contributed by atoms with Gasteiger partial charge >= 0.3 is 0 Å². The molecule has 0 radical (unpaired) electrons. The average molecular weight is 542 g/mol. The predicted octanol–water partition coefficient (Wildman–Crippen LogP) is 11.3. The molecule has 1 aliphatic carbocycles. The molecule has 1 nitrogen and oxygen atoms in total. The summed E-state index contributed by atoms with van der Waals surface area (Å²) >= 11 is 0. The molecular formula is C41H35N. The first-order valence-corrected chi connectivity index (χ1v) is 15.2. The van der Waals surface area contributed by atoms with Gasteiger partial charge in [0.15, 0.2) is 0 Å². The summed E-state index contributed by atoms with van der Waals surface area (Å²) < 4.78 is 0. The highest BCUT2D eigenvalue weighted by atomic mass is 14.7. The summed E-state index contributed by atoms with van der Waals surface area (Å²) in [5, 5.41) is 1.25. The minimum absolute atomic E-state index is 1.01. The number of rotatable bonds is 8. The van der Waals surface area contributed by atoms with Crippen LogP contribution in [0.1, 0.15) is 48.9 Å². The Morgan fingerprint density at radius 1 is 0.452 bits per heavy atom. The van der Waals surface area contributed by atoms with Crippen LogP contribution in [0.15, 0.2) is 115 Å². The van der Waals surface area contributed by atoms with E-state index in [1.807, 2.05) is 0 Å². The molecule has 1 aliphatic rings. The molecule has 5 aromatic carbocycles. The van der Waals surface area contributed by atoms with E-state index in [9.17, 15) is 0 Å². The summed E-state index contributed by atoms with van der Waals surface area (Å²) in [6, 6.07) is 42.7. The van der Waals surface area contributed by atoms with E-state index in [0.29, 0.717) is 0 Å². The van der Waals surface area contributed by atoms with Crippen LogP contribution in [0.3, 0.4) is 0 Å². The van der Waals surface area contributed by atoms with Crippen LogP contribution >= 0.6 is 0 Å². The fourth-order valence-corrected chi connectivity index (χ4v) is 6.24. The molecule has 0 spiro atoms. The van der Waals surface area contributed by atoms with Crippen LogP contribution in [-0.4, -0.2) is 4.98 Å². The fourth-order valence-electron chi connectivity index (χ4n) is 6.24. The van der Waals surface area contributed by atoms with Crippen LogP contribution in [0, 0.1) is 0 Å². The zero-order chi connectivity index (χ0) is 28.5. The lowest BCUT2D eigenvalue weighted by molar-refractivity contribution is 0.922. The van der Waals surface area contributed by atoms with Crippen molar-refractivity contribution in [3.63, 3.8) is 0 Å². The molecule has 1 heterocycles. The molecule has 0 atom stereocenters. The summed E-state index contributed by atoms with van der Waals surface area (Å²) in [7, 11) is 0. The number of hydrogen-bond acceptors (Lipinski definition) is 1. The van der Waals surface area contributed by atoms with Crippen molar-refractivity contribution in [1.29, 1.82) is 0 Å². The molecule has 0 saturated carbocycles. The molecular weight excluding hydrogens is 506 g/mol. The molecule has 7 rings (SSSR count). The van der Waals surface area contributed by atoms with Gasteiger partial charge in [-0.05, 0) is 105 Å². The van der Waals surface area contributed by atoms with Gasteiger partial charge in [-0.2, -0.15) is 0 Å². The van der Waals surface area contributed by atoms with Gasteiger partial charge in [-0.3, -0.25) is 0 Å². The van der Waals surface area contributed by atoms with E-state index in [-0.39, 0.29) is 0 Å². The third-order valence-corrected chi connectivity index (χ3v) is 8.42. The van der Waals surface area contributed by atoms with Crippen molar-refractivity contribution in [2.45, 2.75) is 39.5 Å². The van der Waals surface area contributed by atoms with Crippen molar-refractivity contribution >= 4 is 23.1 Å². The molecule has 0 bridgehead atoms. The highest BCUT2D eigenvalue weighted by Crippen LogP contribution is 2.37. The van der Waals surface area contributed by atoms with Crippen molar-refractivity contribution in [2.75, 3.05) is 0 Å². The molecule has 0 amide bonds. The molecule has 1 heteroatoms. The second-order valence-corrected chi connectivity index (χ2v) is 11.4. The Morgan fingerprint density at radius 2 is 0.976 bits per heavy atom. The van der Waals surface area contributed by atoms with Gasteiger partial charge in [0.1, 0.15) is 0 Å². The largest absolute Gasteiger partial charge is 0.248 e. The number of hydrogen-bond donors (Lipinski definition) is 0. The first-order valence-electron chi connectivity index (χ1n) is 15.2. The summed E-state index contributed by atoms with van der Waals surface area (Å²) in [6.07, 6.45) is 8.95. The van der Waals surface area contributed by atoms with Crippen LogP contribution < -0.4 is 0 Å². The van der Waals surface area contributed by atoms with Gasteiger partial charge in [-0.1, -0.05) is 118 Å². The Bertz CT molecular complexity index is 1860. The van der Waals surface area contributed by atoms with E-state index in [0.717, 1.165) is 42.5 Å². The van der Waals surface area contributed by atoms with Crippen molar-refractivity contribution < 1.29 is 0 Å². The maximum absolute atomic E-state index is 5.08. The summed E-state index contributed by atoms with van der Waals surface area (Å²) in [5.41, 5.74) is 15.9. The van der Waals surface area contributed by atoms with E-state index >= 15 is 0 Å². The maximum Gasteiger partial charge on any atom is 0.0721 e. The molecule has 0 aliphatic heterocycles. The quantitative estimate of drug-likeness (QED) is 0.186. The zero-order valence-corrected chi connectivity index (χ0v) is 24.4. The molecule has 6 aromatic rings. The normalized spacial score (nSPS) is 11.9. The lowest BCUT2D eigenvalue weighted by atomic mass is 9.91. The molecule has 204 valence electrons. The molecule has 0 N–H and O–H groups in total. The second kappa shape index (κ2) is 11.3. The van der Waals surface area contributed by atoms with Crippen LogP contribution in [-0.2, 0) is 12.8 Å². The third kappa shape index (κ3) is 5.08. The standard InChI is InChI=1S/C41H35N/c1-3-7-28-13-17-30(18-14-28)36-24-37(31-19-15-29(8-4-2)16-20-31)26-38(25-36)33-10-5-11-34(23-33)40-27-35-22-21-32-9-6-12-39(42-40)41(32)35/h5-6,9-27H,3-4,7-8H2,1-2H3. The summed E-state index contributed by atoms with van der Waals surface area (Å²) in [4.78, 5) is 5.08. The van der Waals surface area contributed by atoms with E-state index < -0.39 is 0 Å². The maximum atomic E-state index is 5.08. The molecule has 0 unspecified atom stereocenters. The number of aromatic nitrogens is 1. The lowest BCUT2D eigenvalue weighted by Crippen LogP contribution is -1.90. The monoisotopic (exact) mass is 541 g/mol. The fraction of sp³-hybridized carbons (Fsp3) is 0.146. The van der Waals surface area contributed by atoms with Crippen molar-refractivity contribution in [3.8, 4) is 44.6 Å². The Morgan fingerprint density at radius 3 is 1.60 bits per heavy atom. The predicted molar refractivity (Wildman–Crippen MR) is 180 cm³/mol. The van der Waals surface area contributed by atoms with Crippen molar-refractivity contribution in [1.82, 2.24) is 4.98 Å². The van der Waals surface area contributed by atoms with Gasteiger partial charge in [0.2, 0.25) is 0 Å². The van der Waals surface area contributed by atoms with Gasteiger partial charge in [0.25, 0.3) is 0 Å². The minimum atomic E-state index is 1.01. The first-order chi connectivity index (χ1) is 20.7. The first kappa shape index (κ1) is 26.2. The minimum Gasteiger partial charge on any atom is -0.248 e. The lowest BCUT2D eigenvalue weighted by Gasteiger charge is -2.13. The molecule has 0 saturated heterocycles. The van der Waals surface area contributed by atoms with E-state index in [1.54, 1.807) is 0 Å². The SMILES string of the molecule is CCCc1ccc(-c2cc(-c3ccc(CCC)cc3)cc(-c3cccc(-c4cc5c6c(cccc6n4)C=C5)c3)c2)cc1. The highest BCUT2D eigenvalue weighted by molar-refractivity contribution is 6.04. The molecule has 42 heavy (non-hydrogen) atoms. The van der Waals surface area contributed by atoms with Gasteiger partial charge < -0.3 is 0 Å². The zero-order valence-electron chi connectivity index (χ0n) is 24.4. The Balaban J connectivity index is 1.33. The average Bonchev–Trinajstić information content (AvgIpc) is 3.46. The third-order valence-electron chi connectivity index (χ3n) is 8.42. The molecule has 1 aromatic heterocycles. The number of benzene rings is 5. The van der Waals surface area contributed by atoms with E-state index in [4.69, 9.17) is 4.98 Å². The van der Waals surface area contributed by atoms with Crippen LogP contribution in [0.4, 0.5) is 0 Å². The van der Waals surface area contributed by atoms with E-state index in [2.05, 4.69) is 141 Å². The Kier molecular flexibility index (Phi) is 7.01. The van der Waals surface area contributed by atoms with Crippen LogP contribution in [0.25, 0.3) is 67.7 Å².